The Morgan fingerprint density at radius 1 is 1.00 bits per heavy atom. The van der Waals surface area contributed by atoms with Crippen molar-refractivity contribution in [2.45, 2.75) is 6.92 Å². The van der Waals surface area contributed by atoms with Gasteiger partial charge in [0.05, 0.1) is 23.0 Å². The van der Waals surface area contributed by atoms with Crippen LogP contribution in [0.25, 0.3) is 33.1 Å². The minimum Gasteiger partial charge on any atom is -0.321 e. The minimum atomic E-state index is -0.215. The first-order valence-electron chi connectivity index (χ1n) is 10.0. The van der Waals surface area contributed by atoms with E-state index in [2.05, 4.69) is 25.5 Å². The van der Waals surface area contributed by atoms with E-state index in [1.807, 2.05) is 67.6 Å². The van der Waals surface area contributed by atoms with E-state index in [9.17, 15) is 4.79 Å². The van der Waals surface area contributed by atoms with Crippen molar-refractivity contribution in [2.24, 2.45) is 5.10 Å². The minimum absolute atomic E-state index is 0.215. The Labute approximate surface area is 188 Å². The molecule has 0 aliphatic rings. The quantitative estimate of drug-likeness (QED) is 0.284. The number of aromatic nitrogens is 3. The maximum absolute atomic E-state index is 12.4. The van der Waals surface area contributed by atoms with Crippen LogP contribution in [0.3, 0.4) is 0 Å². The van der Waals surface area contributed by atoms with Gasteiger partial charge in [-0.25, -0.2) is 15.4 Å². The Bertz CT molecular complexity index is 1540. The maximum Gasteiger partial charge on any atom is 0.257 e. The lowest BCUT2D eigenvalue weighted by atomic mass is 10.1. The molecule has 156 valence electrons. The molecule has 0 aliphatic carbocycles. The van der Waals surface area contributed by atoms with Gasteiger partial charge < -0.3 is 4.98 Å². The third-order valence-electron chi connectivity index (χ3n) is 5.10. The summed E-state index contributed by atoms with van der Waals surface area (Å²) in [7, 11) is 0. The number of rotatable bonds is 4. The lowest BCUT2D eigenvalue weighted by Crippen LogP contribution is -2.12. The highest BCUT2D eigenvalue weighted by molar-refractivity contribution is 6.31. The van der Waals surface area contributed by atoms with Crippen LogP contribution in [0, 0.1) is 6.92 Å². The van der Waals surface area contributed by atoms with E-state index in [-0.39, 0.29) is 5.56 Å². The number of pyridine rings is 1. The van der Waals surface area contributed by atoms with Gasteiger partial charge in [-0.3, -0.25) is 4.79 Å². The second-order valence-electron chi connectivity index (χ2n) is 7.44. The number of nitrogens with zero attached hydrogens (tertiary/aromatic N) is 3. The van der Waals surface area contributed by atoms with Gasteiger partial charge in [0.1, 0.15) is 0 Å². The number of nitrogens with one attached hydrogen (secondary N) is 2. The lowest BCUT2D eigenvalue weighted by molar-refractivity contribution is 1.15. The molecular formula is C25H18ClN5O. The Morgan fingerprint density at radius 2 is 1.84 bits per heavy atom. The molecule has 0 atom stereocenters. The molecule has 2 N–H and O–H groups in total. The van der Waals surface area contributed by atoms with Crippen LogP contribution in [0.1, 0.15) is 11.1 Å². The molecule has 32 heavy (non-hydrogen) atoms. The van der Waals surface area contributed by atoms with Crippen molar-refractivity contribution in [1.82, 2.24) is 15.0 Å². The molecule has 5 aromatic rings. The molecule has 2 aromatic heterocycles. The summed E-state index contributed by atoms with van der Waals surface area (Å²) in [5.41, 5.74) is 7.38. The van der Waals surface area contributed by atoms with Crippen molar-refractivity contribution in [3.05, 3.63) is 99.3 Å². The second-order valence-corrected chi connectivity index (χ2v) is 7.87. The molecule has 0 aliphatic heterocycles. The largest absolute Gasteiger partial charge is 0.321 e. The van der Waals surface area contributed by atoms with E-state index < -0.39 is 0 Å². The van der Waals surface area contributed by atoms with Gasteiger partial charge in [-0.1, -0.05) is 54.1 Å². The summed E-state index contributed by atoms with van der Waals surface area (Å²) in [5, 5.41) is 6.60. The smallest absolute Gasteiger partial charge is 0.257 e. The van der Waals surface area contributed by atoms with Crippen LogP contribution in [0.2, 0.25) is 5.02 Å². The molecule has 0 bridgehead atoms. The average molecular weight is 440 g/mol. The molecule has 0 radical (unpaired) electrons. The number of benzene rings is 3. The first kappa shape index (κ1) is 19.9. The number of hydrazone groups is 1. The number of hydrogen-bond acceptors (Lipinski definition) is 5. The predicted octanol–water partition coefficient (Wildman–Crippen LogP) is 5.55. The maximum atomic E-state index is 12.4. The number of aromatic amines is 1. The molecule has 0 spiro atoms. The van der Waals surface area contributed by atoms with Crippen molar-refractivity contribution in [3.63, 3.8) is 0 Å². The predicted molar refractivity (Wildman–Crippen MR) is 131 cm³/mol. The summed E-state index contributed by atoms with van der Waals surface area (Å²) < 4.78 is 0. The van der Waals surface area contributed by atoms with Crippen LogP contribution in [0.5, 0.6) is 0 Å². The first-order chi connectivity index (χ1) is 15.6. The Kier molecular flexibility index (Phi) is 5.13. The molecule has 0 saturated carbocycles. The Morgan fingerprint density at radius 3 is 2.69 bits per heavy atom. The van der Waals surface area contributed by atoms with E-state index >= 15 is 0 Å². The summed E-state index contributed by atoms with van der Waals surface area (Å²) in [6.07, 6.45) is 1.47. The molecular weight excluding hydrogens is 422 g/mol. The monoisotopic (exact) mass is 439 g/mol. The molecule has 6 nitrogen and oxygen atoms in total. The van der Waals surface area contributed by atoms with Gasteiger partial charge in [-0.2, -0.15) is 5.10 Å². The Balaban J connectivity index is 1.51. The van der Waals surface area contributed by atoms with Crippen molar-refractivity contribution < 1.29 is 0 Å². The zero-order valence-corrected chi connectivity index (χ0v) is 17.9. The molecule has 0 fully saturated rings. The Hall–Kier alpha value is -4.03. The first-order valence-corrected chi connectivity index (χ1v) is 10.4. The fraction of sp³-hybridized carbons (Fsp3) is 0.0400. The van der Waals surface area contributed by atoms with Crippen LogP contribution in [-0.2, 0) is 0 Å². The van der Waals surface area contributed by atoms with Gasteiger partial charge in [-0.15, -0.1) is 0 Å². The molecule has 2 heterocycles. The van der Waals surface area contributed by atoms with E-state index in [1.54, 1.807) is 12.1 Å². The average Bonchev–Trinajstić information content (AvgIpc) is 2.80. The summed E-state index contributed by atoms with van der Waals surface area (Å²) in [5.74, 6) is 0.322. The molecule has 0 unspecified atom stereocenters. The van der Waals surface area contributed by atoms with Gasteiger partial charge in [0, 0.05) is 21.5 Å². The topological polar surface area (TPSA) is 83.0 Å². The highest BCUT2D eigenvalue weighted by Gasteiger charge is 2.10. The number of H-pyrrole nitrogens is 1. The van der Waals surface area contributed by atoms with Gasteiger partial charge in [0.15, 0.2) is 0 Å². The standard InChI is InChI=1S/C25H18ClN5O/c1-15-7-8-17-12-18(24(32)28-22(17)11-15)14-27-31-25-29-21-10-9-19(26)13-20(21)23(30-25)16-5-3-2-4-6-16/h2-14H,1H3,(H,28,32)(H,29,30,31)/b27-14-. The van der Waals surface area contributed by atoms with Crippen molar-refractivity contribution in [3.8, 4) is 11.3 Å². The lowest BCUT2D eigenvalue weighted by Gasteiger charge is -2.09. The third-order valence-corrected chi connectivity index (χ3v) is 5.34. The molecule has 0 amide bonds. The number of anilines is 1. The second kappa shape index (κ2) is 8.24. The molecule has 3 aromatic carbocycles. The normalized spacial score (nSPS) is 11.4. The fourth-order valence-electron chi connectivity index (χ4n) is 3.55. The van der Waals surface area contributed by atoms with Crippen molar-refractivity contribution >= 4 is 45.6 Å². The highest BCUT2D eigenvalue weighted by Crippen LogP contribution is 2.29. The van der Waals surface area contributed by atoms with Crippen LogP contribution >= 0.6 is 11.6 Å². The SMILES string of the molecule is Cc1ccc2cc(/C=N\Nc3nc(-c4ccccc4)c4cc(Cl)ccc4n3)c(=O)[nH]c2c1. The molecule has 5 rings (SSSR count). The van der Waals surface area contributed by atoms with Gasteiger partial charge in [0.2, 0.25) is 5.95 Å². The van der Waals surface area contributed by atoms with E-state index in [4.69, 9.17) is 11.6 Å². The van der Waals surface area contributed by atoms with Crippen molar-refractivity contribution in [1.29, 1.82) is 0 Å². The van der Waals surface area contributed by atoms with Crippen LogP contribution in [0.4, 0.5) is 5.95 Å². The van der Waals surface area contributed by atoms with Gasteiger partial charge in [-0.05, 0) is 48.2 Å². The van der Waals surface area contributed by atoms with Crippen LogP contribution < -0.4 is 11.0 Å². The molecule has 0 saturated heterocycles. The van der Waals surface area contributed by atoms with Crippen molar-refractivity contribution in [2.75, 3.05) is 5.43 Å². The van der Waals surface area contributed by atoms with E-state index in [1.165, 1.54) is 6.21 Å². The van der Waals surface area contributed by atoms with Crippen LogP contribution in [0.15, 0.2) is 82.7 Å². The number of halogens is 1. The summed E-state index contributed by atoms with van der Waals surface area (Å²) in [6.45, 7) is 1.98. The zero-order valence-electron chi connectivity index (χ0n) is 17.1. The third kappa shape index (κ3) is 3.96. The fourth-order valence-corrected chi connectivity index (χ4v) is 3.73. The summed E-state index contributed by atoms with van der Waals surface area (Å²) in [6, 6.07) is 23.0. The van der Waals surface area contributed by atoms with Gasteiger partial charge >= 0.3 is 0 Å². The highest BCUT2D eigenvalue weighted by atomic mass is 35.5. The van der Waals surface area contributed by atoms with Crippen LogP contribution in [-0.4, -0.2) is 21.2 Å². The number of aryl methyl sites for hydroxylation is 1. The summed E-state index contributed by atoms with van der Waals surface area (Å²) in [4.78, 5) is 24.5. The molecule has 7 heteroatoms. The van der Waals surface area contributed by atoms with E-state index in [0.29, 0.717) is 16.5 Å². The number of fused-ring (bicyclic) bond motifs is 2. The number of hydrogen-bond donors (Lipinski definition) is 2. The van der Waals surface area contributed by atoms with Gasteiger partial charge in [0.25, 0.3) is 5.56 Å². The summed E-state index contributed by atoms with van der Waals surface area (Å²) >= 11 is 6.21. The van der Waals surface area contributed by atoms with E-state index in [0.717, 1.165) is 38.6 Å². The zero-order chi connectivity index (χ0) is 22.1.